The lowest BCUT2D eigenvalue weighted by Crippen LogP contribution is -2.58. The van der Waals surface area contributed by atoms with Gasteiger partial charge in [-0.15, -0.1) is 11.3 Å². The fraction of sp³-hybridized carbons (Fsp3) is 0.481. The van der Waals surface area contributed by atoms with Crippen molar-refractivity contribution in [2.45, 2.75) is 62.1 Å². The van der Waals surface area contributed by atoms with E-state index in [-0.39, 0.29) is 29.3 Å². The maximum Gasteiger partial charge on any atom is 0.363 e. The van der Waals surface area contributed by atoms with E-state index in [9.17, 15) is 33.1 Å². The Morgan fingerprint density at radius 1 is 1.17 bits per heavy atom. The van der Waals surface area contributed by atoms with Crippen molar-refractivity contribution < 1.29 is 33.1 Å². The number of amides is 3. The Balaban J connectivity index is 1.14. The largest absolute Gasteiger partial charge is 0.363 e. The summed E-state index contributed by atoms with van der Waals surface area (Å²) in [5.41, 5.74) is 0.928. The number of benzene rings is 1. The van der Waals surface area contributed by atoms with Crippen molar-refractivity contribution in [1.29, 1.82) is 0 Å². The Kier molecular flexibility index (Phi) is 7.25. The summed E-state index contributed by atoms with van der Waals surface area (Å²) < 4.78 is 27.9. The highest BCUT2D eigenvalue weighted by Crippen LogP contribution is 2.53. The summed E-state index contributed by atoms with van der Waals surface area (Å²) in [4.78, 5) is 62.6. The minimum absolute atomic E-state index is 0.0285. The van der Waals surface area contributed by atoms with Gasteiger partial charge < -0.3 is 24.9 Å². The first-order valence-electron chi connectivity index (χ1n) is 13.6. The molecule has 0 radical (unpaired) electrons. The molecule has 0 saturated carbocycles. The second kappa shape index (κ2) is 10.6. The monoisotopic (exact) mass is 603 g/mol. The van der Waals surface area contributed by atoms with Gasteiger partial charge in [0, 0.05) is 43.0 Å². The SMILES string of the molecule is Cn1cc(C2CN(C(=O)[C@@H]3CC[C@@H]4CCC[C@H](NC(=O)c5cc6cc(C(F)P(=O)(O)O)ccc6s5)C(=O)N43)C2)cn1. The van der Waals surface area contributed by atoms with Crippen LogP contribution in [0.4, 0.5) is 4.39 Å². The smallest absolute Gasteiger partial charge is 0.340 e. The molecular formula is C27H31FN5O6PS. The quantitative estimate of drug-likeness (QED) is 0.367. The van der Waals surface area contributed by atoms with Gasteiger partial charge in [-0.1, -0.05) is 6.07 Å². The molecule has 3 aliphatic rings. The first-order valence-corrected chi connectivity index (χ1v) is 16.1. The maximum atomic E-state index is 14.2. The molecule has 3 saturated heterocycles. The molecular weight excluding hydrogens is 572 g/mol. The predicted molar refractivity (Wildman–Crippen MR) is 149 cm³/mol. The summed E-state index contributed by atoms with van der Waals surface area (Å²) in [5.74, 6) is -2.96. The van der Waals surface area contributed by atoms with E-state index in [0.717, 1.165) is 36.2 Å². The van der Waals surface area contributed by atoms with E-state index in [2.05, 4.69) is 10.4 Å². The minimum Gasteiger partial charge on any atom is -0.340 e. The number of hydrogen-bond donors (Lipinski definition) is 3. The van der Waals surface area contributed by atoms with Gasteiger partial charge in [0.25, 0.3) is 5.91 Å². The fourth-order valence-electron chi connectivity index (χ4n) is 6.21. The van der Waals surface area contributed by atoms with Crippen LogP contribution in [0.3, 0.4) is 0 Å². The Morgan fingerprint density at radius 2 is 1.95 bits per heavy atom. The number of fused-ring (bicyclic) bond motifs is 2. The van der Waals surface area contributed by atoms with Crippen molar-refractivity contribution in [1.82, 2.24) is 24.9 Å². The van der Waals surface area contributed by atoms with Crippen LogP contribution < -0.4 is 5.32 Å². The van der Waals surface area contributed by atoms with Gasteiger partial charge in [-0.25, -0.2) is 4.39 Å². The predicted octanol–water partition coefficient (Wildman–Crippen LogP) is 3.05. The van der Waals surface area contributed by atoms with Crippen LogP contribution >= 0.6 is 18.9 Å². The van der Waals surface area contributed by atoms with Crippen molar-refractivity contribution in [3.63, 3.8) is 0 Å². The Morgan fingerprint density at radius 3 is 2.66 bits per heavy atom. The van der Waals surface area contributed by atoms with E-state index in [0.29, 0.717) is 40.9 Å². The van der Waals surface area contributed by atoms with Crippen molar-refractivity contribution in [3.05, 3.63) is 52.7 Å². The molecule has 41 heavy (non-hydrogen) atoms. The van der Waals surface area contributed by atoms with Crippen LogP contribution in [0.5, 0.6) is 0 Å². The molecule has 3 aliphatic heterocycles. The molecule has 3 fully saturated rings. The number of carbonyl (C=O) groups is 3. The molecule has 1 aromatic carbocycles. The van der Waals surface area contributed by atoms with Crippen molar-refractivity contribution in [2.75, 3.05) is 13.1 Å². The molecule has 6 rings (SSSR count). The van der Waals surface area contributed by atoms with E-state index in [1.165, 1.54) is 24.3 Å². The van der Waals surface area contributed by atoms with Gasteiger partial charge in [-0.2, -0.15) is 5.10 Å². The third-order valence-electron chi connectivity index (χ3n) is 8.40. The van der Waals surface area contributed by atoms with Gasteiger partial charge >= 0.3 is 7.60 Å². The highest BCUT2D eigenvalue weighted by Gasteiger charge is 2.47. The maximum absolute atomic E-state index is 14.2. The number of rotatable bonds is 6. The highest BCUT2D eigenvalue weighted by molar-refractivity contribution is 7.51. The average Bonchev–Trinajstić information content (AvgIpc) is 3.61. The van der Waals surface area contributed by atoms with E-state index in [1.807, 2.05) is 19.4 Å². The molecule has 0 aliphatic carbocycles. The Bertz CT molecular complexity index is 1560. The van der Waals surface area contributed by atoms with E-state index < -0.39 is 31.5 Å². The molecule has 3 amide bonds. The summed E-state index contributed by atoms with van der Waals surface area (Å²) in [6, 6.07) is 4.32. The van der Waals surface area contributed by atoms with Crippen LogP contribution in [0.25, 0.3) is 10.1 Å². The third kappa shape index (κ3) is 5.31. The number of aromatic nitrogens is 2. The molecule has 11 nitrogen and oxygen atoms in total. The van der Waals surface area contributed by atoms with Crippen molar-refractivity contribution in [3.8, 4) is 0 Å². The first-order chi connectivity index (χ1) is 19.5. The molecule has 3 N–H and O–H groups in total. The van der Waals surface area contributed by atoms with Crippen LogP contribution in [-0.2, 0) is 21.2 Å². The number of thiophene rings is 1. The zero-order valence-electron chi connectivity index (χ0n) is 22.4. The van der Waals surface area contributed by atoms with Gasteiger partial charge in [-0.05, 0) is 66.8 Å². The topological polar surface area (TPSA) is 145 Å². The van der Waals surface area contributed by atoms with E-state index in [1.54, 1.807) is 14.5 Å². The standard InChI is InChI=1S/C27H31FN5O6PS/c1-31-12-17(11-29-31)18-13-32(14-18)27(36)21-7-6-19-3-2-4-20(26(35)33(19)21)30-25(34)23-10-16-9-15(5-8-22(16)41-23)24(28)40(37,38)39/h5,8-12,18-21,24H,2-4,6-7,13-14H2,1H3,(H,30,34)(H2,37,38,39)/t19-,20-,21-,24?/m0/s1. The number of halogens is 1. The minimum atomic E-state index is -4.96. The number of alkyl halides is 1. The molecule has 4 atom stereocenters. The number of carbonyl (C=O) groups excluding carboxylic acids is 3. The third-order valence-corrected chi connectivity index (χ3v) is 10.4. The van der Waals surface area contributed by atoms with Gasteiger partial charge in [0.2, 0.25) is 17.7 Å². The highest BCUT2D eigenvalue weighted by atomic mass is 32.1. The van der Waals surface area contributed by atoms with Gasteiger partial charge in [0.05, 0.1) is 11.1 Å². The lowest BCUT2D eigenvalue weighted by molar-refractivity contribution is -0.148. The summed E-state index contributed by atoms with van der Waals surface area (Å²) >= 11 is 1.15. The van der Waals surface area contributed by atoms with Crippen LogP contribution in [0.1, 0.15) is 64.7 Å². The summed E-state index contributed by atoms with van der Waals surface area (Å²) in [5, 5.41) is 7.54. The van der Waals surface area contributed by atoms with Crippen LogP contribution in [0.2, 0.25) is 0 Å². The second-order valence-corrected chi connectivity index (χ2v) is 13.9. The van der Waals surface area contributed by atoms with E-state index in [4.69, 9.17) is 0 Å². The average molecular weight is 604 g/mol. The molecule has 14 heteroatoms. The van der Waals surface area contributed by atoms with Gasteiger partial charge in [0.15, 0.2) is 0 Å². The molecule has 1 unspecified atom stereocenters. The van der Waals surface area contributed by atoms with Gasteiger partial charge in [0.1, 0.15) is 12.1 Å². The van der Waals surface area contributed by atoms with Crippen molar-refractivity contribution in [2.24, 2.45) is 7.05 Å². The number of aryl methyl sites for hydroxylation is 1. The molecule has 5 heterocycles. The molecule has 3 aromatic rings. The lowest BCUT2D eigenvalue weighted by atomic mass is 9.93. The summed E-state index contributed by atoms with van der Waals surface area (Å²) in [6.45, 7) is 1.19. The van der Waals surface area contributed by atoms with Gasteiger partial charge in [-0.3, -0.25) is 23.6 Å². The first kappa shape index (κ1) is 28.0. The number of nitrogens with zero attached hydrogens (tertiary/aromatic N) is 4. The lowest BCUT2D eigenvalue weighted by Gasteiger charge is -2.42. The molecule has 2 aromatic heterocycles. The molecule has 218 valence electrons. The zero-order chi connectivity index (χ0) is 29.1. The number of nitrogens with one attached hydrogen (secondary N) is 1. The number of likely N-dealkylation sites (tertiary alicyclic amines) is 1. The molecule has 0 spiro atoms. The normalized spacial score (nSPS) is 24.2. The second-order valence-electron chi connectivity index (χ2n) is 11.2. The fourth-order valence-corrected chi connectivity index (χ4v) is 7.71. The van der Waals surface area contributed by atoms with Crippen molar-refractivity contribution >= 4 is 46.7 Å². The van der Waals surface area contributed by atoms with E-state index >= 15 is 0 Å². The summed E-state index contributed by atoms with van der Waals surface area (Å²) in [6.07, 6.45) is 7.11. The zero-order valence-corrected chi connectivity index (χ0v) is 24.1. The van der Waals surface area contributed by atoms with Crippen LogP contribution in [0, 0.1) is 0 Å². The Labute approximate surface area is 239 Å². The summed E-state index contributed by atoms with van der Waals surface area (Å²) in [7, 11) is -3.10. The number of hydrogen-bond acceptors (Lipinski definition) is 6. The molecule has 0 bridgehead atoms. The van der Waals surface area contributed by atoms with Crippen LogP contribution in [0.15, 0.2) is 36.7 Å². The van der Waals surface area contributed by atoms with Crippen LogP contribution in [-0.4, -0.2) is 78.3 Å². The Hall–Kier alpha value is -3.12.